The highest BCUT2D eigenvalue weighted by Crippen LogP contribution is 2.34. The Morgan fingerprint density at radius 1 is 0.545 bits per heavy atom. The van der Waals surface area contributed by atoms with Gasteiger partial charge in [-0.25, -0.2) is 9.59 Å². The van der Waals surface area contributed by atoms with Gasteiger partial charge in [0.05, 0.1) is 14.2 Å². The molecule has 2 aliphatic heterocycles. The van der Waals surface area contributed by atoms with E-state index >= 15 is 0 Å². The lowest BCUT2D eigenvalue weighted by Gasteiger charge is -2.30. The molecular weight excluding hydrogens is 837 g/mol. The summed E-state index contributed by atoms with van der Waals surface area (Å²) in [4.78, 5) is 82.0. The highest BCUT2D eigenvalue weighted by atomic mass is 16.5. The maximum absolute atomic E-state index is 13.8. The Labute approximate surface area is 387 Å². The standard InChI is InChI=1S/C52H62N6O8/c1-31(2)45(55-51(63)65-5)49(61)57-25-9-15-43(57)47(59)53-39-13-7-11-37(29-39)41-27-33-17-21-35(41)23-19-34-18-22-36(24-20-33)42(28-34)38-12-8-14-40(30-38)54-48(60)44-16-10-26-58(44)50(62)46(32(3)4)56-52(64)66-6/h7-8,11-14,17-18,21-22,27-32,43-46H,9-10,15-16,19-20,23-26H2,1-6H3,(H,53,59)(H,54,60)(H,55,63)(H,56,64)/t43-,44-,45-,46-/m0/s1. The van der Waals surface area contributed by atoms with E-state index in [4.69, 9.17) is 9.47 Å². The molecule has 4 aromatic carbocycles. The Morgan fingerprint density at radius 3 is 1.33 bits per heavy atom. The zero-order valence-corrected chi connectivity index (χ0v) is 38.8. The minimum Gasteiger partial charge on any atom is -0.453 e. The van der Waals surface area contributed by atoms with Crippen LogP contribution in [0.4, 0.5) is 21.0 Å². The number of aryl methyl sites for hydroxylation is 4. The van der Waals surface area contributed by atoms with Crippen molar-refractivity contribution in [1.29, 1.82) is 0 Å². The molecule has 66 heavy (non-hydrogen) atoms. The van der Waals surface area contributed by atoms with Crippen molar-refractivity contribution in [1.82, 2.24) is 20.4 Å². The topological polar surface area (TPSA) is 175 Å². The molecule has 2 heterocycles. The van der Waals surface area contributed by atoms with Crippen LogP contribution in [0.15, 0.2) is 84.9 Å². The van der Waals surface area contributed by atoms with Crippen LogP contribution in [0, 0.1) is 11.8 Å². The second-order valence-corrected chi connectivity index (χ2v) is 18.2. The number of carbonyl (C=O) groups excluding carboxylic acids is 6. The van der Waals surface area contributed by atoms with E-state index in [1.807, 2.05) is 64.1 Å². The lowest BCUT2D eigenvalue weighted by molar-refractivity contribution is -0.139. The van der Waals surface area contributed by atoms with E-state index in [0.717, 1.165) is 47.9 Å². The third-order valence-corrected chi connectivity index (χ3v) is 13.1. The number of hydrogen-bond donors (Lipinski definition) is 4. The summed E-state index contributed by atoms with van der Waals surface area (Å²) >= 11 is 0. The van der Waals surface area contributed by atoms with Gasteiger partial charge in [0, 0.05) is 24.5 Å². The van der Waals surface area contributed by atoms with Crippen LogP contribution in [0.3, 0.4) is 0 Å². The number of anilines is 2. The fourth-order valence-electron chi connectivity index (χ4n) is 9.43. The first-order valence-corrected chi connectivity index (χ1v) is 23.1. The van der Waals surface area contributed by atoms with Crippen molar-refractivity contribution in [3.05, 3.63) is 107 Å². The van der Waals surface area contributed by atoms with Crippen molar-refractivity contribution in [2.75, 3.05) is 37.9 Å². The summed E-state index contributed by atoms with van der Waals surface area (Å²) in [6.45, 7) is 8.24. The third kappa shape index (κ3) is 10.9. The summed E-state index contributed by atoms with van der Waals surface area (Å²) in [7, 11) is 2.51. The Hall–Kier alpha value is -6.70. The Morgan fingerprint density at radius 2 is 0.955 bits per heavy atom. The molecule has 0 radical (unpaired) electrons. The maximum Gasteiger partial charge on any atom is 0.407 e. The first-order chi connectivity index (χ1) is 31.7. The van der Waals surface area contributed by atoms with Gasteiger partial charge in [-0.3, -0.25) is 19.2 Å². The fraction of sp³-hybridized carbons (Fsp3) is 0.423. The molecule has 14 heteroatoms. The van der Waals surface area contributed by atoms with Crippen molar-refractivity contribution >= 4 is 47.2 Å². The maximum atomic E-state index is 13.8. The average Bonchev–Trinajstić information content (AvgIpc) is 4.02. The van der Waals surface area contributed by atoms with E-state index in [1.165, 1.54) is 36.5 Å². The zero-order valence-electron chi connectivity index (χ0n) is 38.8. The van der Waals surface area contributed by atoms with Crippen LogP contribution >= 0.6 is 0 Å². The molecule has 0 unspecified atom stereocenters. The first kappa shape index (κ1) is 47.3. The summed E-state index contributed by atoms with van der Waals surface area (Å²) in [5, 5.41) is 11.5. The predicted octanol–water partition coefficient (Wildman–Crippen LogP) is 7.52. The second-order valence-electron chi connectivity index (χ2n) is 18.2. The lowest BCUT2D eigenvalue weighted by Crippen LogP contribution is -2.54. The predicted molar refractivity (Wildman–Crippen MR) is 254 cm³/mol. The van der Waals surface area contributed by atoms with Gasteiger partial charge in [-0.2, -0.15) is 0 Å². The van der Waals surface area contributed by atoms with E-state index < -0.39 is 36.4 Å². The molecule has 348 valence electrons. The molecule has 4 N–H and O–H groups in total. The largest absolute Gasteiger partial charge is 0.453 e. The summed E-state index contributed by atoms with van der Waals surface area (Å²) in [6.07, 6.45) is 4.17. The fourth-order valence-corrected chi connectivity index (χ4v) is 9.43. The molecule has 6 aliphatic rings. The molecule has 4 aliphatic carbocycles. The SMILES string of the molecule is COC(=O)N[C@H](C(=O)N1CCC[C@H]1C(=O)Nc1cccc(-c2cc3ccc2CCc2ccc(c(-c4cccc(NC(=O)[C@@H]5CCCN5C(=O)[C@@H](NC(=O)OC)C(C)C)c4)c2)CC3)c1)C(C)C. The number of ether oxygens (including phenoxy) is 2. The minimum absolute atomic E-state index is 0.198. The minimum atomic E-state index is -0.812. The van der Waals surface area contributed by atoms with Crippen molar-refractivity contribution in [3.63, 3.8) is 0 Å². The molecule has 4 atom stereocenters. The van der Waals surface area contributed by atoms with Crippen LogP contribution in [0.25, 0.3) is 22.3 Å². The van der Waals surface area contributed by atoms with E-state index in [2.05, 4.69) is 69.8 Å². The number of benzene rings is 4. The number of carbonyl (C=O) groups is 6. The summed E-state index contributed by atoms with van der Waals surface area (Å²) in [5.41, 5.74) is 10.2. The molecule has 4 aromatic rings. The quantitative estimate of drug-likeness (QED) is 0.113. The summed E-state index contributed by atoms with van der Waals surface area (Å²) in [6, 6.07) is 26.1. The highest BCUT2D eigenvalue weighted by molar-refractivity contribution is 6.00. The van der Waals surface area contributed by atoms with E-state index in [-0.39, 0.29) is 35.5 Å². The molecule has 14 nitrogen and oxygen atoms in total. The molecule has 0 spiro atoms. The first-order valence-electron chi connectivity index (χ1n) is 23.1. The molecule has 6 amide bonds. The van der Waals surface area contributed by atoms with Crippen molar-refractivity contribution in [2.45, 2.75) is 103 Å². The van der Waals surface area contributed by atoms with Crippen LogP contribution in [0.1, 0.15) is 75.6 Å². The Balaban J connectivity index is 1.05. The summed E-state index contributed by atoms with van der Waals surface area (Å²) < 4.78 is 9.50. The van der Waals surface area contributed by atoms with Gasteiger partial charge in [0.15, 0.2) is 0 Å². The number of methoxy groups -OCH3 is 2. The van der Waals surface area contributed by atoms with Crippen LogP contribution in [-0.4, -0.2) is 97.1 Å². The number of nitrogens with one attached hydrogen (secondary N) is 4. The molecule has 10 rings (SSSR count). The van der Waals surface area contributed by atoms with Gasteiger partial charge in [0.1, 0.15) is 24.2 Å². The van der Waals surface area contributed by atoms with Gasteiger partial charge >= 0.3 is 12.2 Å². The molecular formula is C52H62N6O8. The zero-order chi connectivity index (χ0) is 47.1. The number of likely N-dealkylation sites (tertiary alicyclic amines) is 2. The van der Waals surface area contributed by atoms with Crippen LogP contribution < -0.4 is 21.3 Å². The number of alkyl carbamates (subject to hydrolysis) is 2. The Kier molecular flexibility index (Phi) is 15.1. The number of amides is 6. The smallest absolute Gasteiger partial charge is 0.407 e. The van der Waals surface area contributed by atoms with Crippen LogP contribution in [0.5, 0.6) is 0 Å². The van der Waals surface area contributed by atoms with Gasteiger partial charge in [-0.1, -0.05) is 88.4 Å². The molecule has 0 saturated carbocycles. The van der Waals surface area contributed by atoms with E-state index in [9.17, 15) is 28.8 Å². The van der Waals surface area contributed by atoms with Gasteiger partial charge in [-0.05, 0) is 132 Å². The van der Waals surface area contributed by atoms with Crippen molar-refractivity contribution in [2.24, 2.45) is 11.8 Å². The van der Waals surface area contributed by atoms with Gasteiger partial charge in [-0.15, -0.1) is 0 Å². The summed E-state index contributed by atoms with van der Waals surface area (Å²) in [5.74, 6) is -1.52. The lowest BCUT2D eigenvalue weighted by atomic mass is 9.87. The Bertz CT molecular complexity index is 2300. The van der Waals surface area contributed by atoms with Crippen LogP contribution in [-0.2, 0) is 54.3 Å². The average molecular weight is 899 g/mol. The normalized spacial score (nSPS) is 17.7. The van der Waals surface area contributed by atoms with Gasteiger partial charge in [0.2, 0.25) is 23.6 Å². The number of nitrogens with zero attached hydrogens (tertiary/aromatic N) is 2. The van der Waals surface area contributed by atoms with E-state index in [1.54, 1.807) is 9.80 Å². The van der Waals surface area contributed by atoms with Crippen LogP contribution in [0.2, 0.25) is 0 Å². The van der Waals surface area contributed by atoms with E-state index in [0.29, 0.717) is 50.1 Å². The van der Waals surface area contributed by atoms with Crippen molar-refractivity contribution in [3.8, 4) is 22.3 Å². The van der Waals surface area contributed by atoms with Gasteiger partial charge in [0.25, 0.3) is 0 Å². The molecule has 0 aromatic heterocycles. The number of rotatable bonds is 12. The van der Waals surface area contributed by atoms with Crippen molar-refractivity contribution < 1.29 is 38.2 Å². The third-order valence-electron chi connectivity index (χ3n) is 13.1. The molecule has 2 saturated heterocycles. The van der Waals surface area contributed by atoms with Gasteiger partial charge < -0.3 is 40.5 Å². The molecule has 2 fully saturated rings. The highest BCUT2D eigenvalue weighted by Gasteiger charge is 2.40. The second kappa shape index (κ2) is 21.1. The molecule has 4 bridgehead atoms. The monoisotopic (exact) mass is 898 g/mol. The number of hydrogen-bond acceptors (Lipinski definition) is 8.